The molecule has 28 heavy (non-hydrogen) atoms. The number of aromatic amines is 1. The molecule has 2 aromatic heterocycles. The molecule has 8 nitrogen and oxygen atoms in total. The zero-order chi connectivity index (χ0) is 19.9. The first-order valence-electron chi connectivity index (χ1n) is 8.97. The van der Waals surface area contributed by atoms with Gasteiger partial charge in [-0.1, -0.05) is 18.2 Å². The van der Waals surface area contributed by atoms with Crippen molar-refractivity contribution in [3.8, 4) is 0 Å². The summed E-state index contributed by atoms with van der Waals surface area (Å²) in [4.78, 5) is 22.9. The van der Waals surface area contributed by atoms with E-state index in [2.05, 4.69) is 25.5 Å². The van der Waals surface area contributed by atoms with Crippen LogP contribution < -0.4 is 5.32 Å². The molecule has 1 atom stereocenters. The van der Waals surface area contributed by atoms with Gasteiger partial charge in [0.1, 0.15) is 5.82 Å². The molecule has 0 aliphatic carbocycles. The Morgan fingerprint density at radius 2 is 2.04 bits per heavy atom. The molecule has 2 amide bonds. The predicted molar refractivity (Wildman–Crippen MR) is 106 cm³/mol. The minimum Gasteiger partial charge on any atom is -0.382 e. The van der Waals surface area contributed by atoms with Crippen molar-refractivity contribution in [2.75, 3.05) is 26.1 Å². The molecule has 8 heteroatoms. The van der Waals surface area contributed by atoms with Crippen LogP contribution in [0.25, 0.3) is 0 Å². The first-order chi connectivity index (χ1) is 13.6. The summed E-state index contributed by atoms with van der Waals surface area (Å²) >= 11 is 0. The van der Waals surface area contributed by atoms with Gasteiger partial charge in [-0.2, -0.15) is 5.10 Å². The molecule has 0 radical (unpaired) electrons. The number of benzene rings is 1. The van der Waals surface area contributed by atoms with E-state index in [-0.39, 0.29) is 12.1 Å². The van der Waals surface area contributed by atoms with Crippen LogP contribution in [0.5, 0.6) is 0 Å². The van der Waals surface area contributed by atoms with Crippen molar-refractivity contribution >= 4 is 11.7 Å². The molecule has 2 N–H and O–H groups in total. The van der Waals surface area contributed by atoms with Gasteiger partial charge >= 0.3 is 6.03 Å². The molecule has 0 saturated heterocycles. The predicted octanol–water partition coefficient (Wildman–Crippen LogP) is 2.95. The molecule has 0 unspecified atom stereocenters. The number of methoxy groups -OCH3 is 1. The van der Waals surface area contributed by atoms with Crippen LogP contribution in [0.1, 0.15) is 28.9 Å². The molecule has 0 saturated carbocycles. The van der Waals surface area contributed by atoms with Crippen molar-refractivity contribution in [2.45, 2.75) is 19.4 Å². The Labute approximate surface area is 164 Å². The Morgan fingerprint density at radius 1 is 1.25 bits per heavy atom. The summed E-state index contributed by atoms with van der Waals surface area (Å²) in [5, 5.41) is 9.89. The smallest absolute Gasteiger partial charge is 0.322 e. The van der Waals surface area contributed by atoms with E-state index >= 15 is 0 Å². The molecular formula is C20H24N6O2. The lowest BCUT2D eigenvalue weighted by atomic mass is 10.1. The number of nitrogens with zero attached hydrogens (tertiary/aromatic N) is 4. The van der Waals surface area contributed by atoms with Crippen LogP contribution in [-0.2, 0) is 11.2 Å². The van der Waals surface area contributed by atoms with E-state index in [0.29, 0.717) is 18.7 Å². The summed E-state index contributed by atoms with van der Waals surface area (Å²) in [5.41, 5.74) is 2.55. The van der Waals surface area contributed by atoms with Crippen LogP contribution in [0.4, 0.5) is 10.5 Å². The van der Waals surface area contributed by atoms with Crippen LogP contribution in [-0.4, -0.2) is 51.9 Å². The maximum atomic E-state index is 12.7. The number of hydrogen-bond donors (Lipinski definition) is 2. The fraction of sp³-hybridized carbons (Fsp3) is 0.300. The van der Waals surface area contributed by atoms with Gasteiger partial charge in [-0.15, -0.1) is 0 Å². The van der Waals surface area contributed by atoms with Crippen molar-refractivity contribution < 1.29 is 9.53 Å². The summed E-state index contributed by atoms with van der Waals surface area (Å²) in [7, 11) is 3.34. The van der Waals surface area contributed by atoms with Crippen molar-refractivity contribution in [3.63, 3.8) is 0 Å². The third kappa shape index (κ3) is 4.92. The number of likely N-dealkylation sites (N-methyl/N-ethyl adjacent to an activating group) is 1. The minimum absolute atomic E-state index is 0.231. The number of aryl methyl sites for hydroxylation is 1. The van der Waals surface area contributed by atoms with Crippen LogP contribution in [0.3, 0.4) is 0 Å². The average Bonchev–Trinajstić information content (AvgIpc) is 3.12. The lowest BCUT2D eigenvalue weighted by Gasteiger charge is -2.27. The number of pyridine rings is 1. The summed E-state index contributed by atoms with van der Waals surface area (Å²) in [6.07, 6.45) is 2.34. The first kappa shape index (κ1) is 19.5. The molecule has 0 spiro atoms. The molecule has 146 valence electrons. The number of nitrogens with one attached hydrogen (secondary N) is 2. The summed E-state index contributed by atoms with van der Waals surface area (Å²) in [6, 6.07) is 12.7. The quantitative estimate of drug-likeness (QED) is 0.657. The number of hydrogen-bond acceptors (Lipinski definition) is 5. The highest BCUT2D eigenvalue weighted by Crippen LogP contribution is 2.19. The molecule has 3 rings (SSSR count). The van der Waals surface area contributed by atoms with Crippen molar-refractivity contribution in [1.82, 2.24) is 25.1 Å². The van der Waals surface area contributed by atoms with E-state index < -0.39 is 0 Å². The monoisotopic (exact) mass is 380 g/mol. The summed E-state index contributed by atoms with van der Waals surface area (Å²) in [5.74, 6) is 1.53. The molecule has 3 aromatic rings. The second kappa shape index (κ2) is 9.09. The number of ether oxygens (including phenoxy) is 1. The highest BCUT2D eigenvalue weighted by molar-refractivity contribution is 5.89. The van der Waals surface area contributed by atoms with Gasteiger partial charge in [0.15, 0.2) is 5.82 Å². The highest BCUT2D eigenvalue weighted by atomic mass is 16.5. The van der Waals surface area contributed by atoms with E-state index in [9.17, 15) is 4.79 Å². The Morgan fingerprint density at radius 3 is 2.64 bits per heavy atom. The average molecular weight is 380 g/mol. The largest absolute Gasteiger partial charge is 0.382 e. The first-order valence-corrected chi connectivity index (χ1v) is 8.97. The summed E-state index contributed by atoms with van der Waals surface area (Å²) in [6.45, 7) is 2.23. The number of urea groups is 1. The van der Waals surface area contributed by atoms with Crippen LogP contribution in [0, 0.1) is 6.92 Å². The second-order valence-electron chi connectivity index (χ2n) is 6.48. The van der Waals surface area contributed by atoms with Crippen LogP contribution in [0.2, 0.25) is 0 Å². The topological polar surface area (TPSA) is 96.0 Å². The standard InChI is InChI=1S/C20H24N6O2/c1-14-22-19(25-24-14)12-15-7-9-16(10-8-15)23-20(27)26(2)18(13-28-3)17-6-4-5-11-21-17/h4-11,18H,12-13H2,1-3H3,(H,23,27)(H,22,24,25)/t18-/m0/s1. The van der Waals surface area contributed by atoms with Gasteiger partial charge in [-0.3, -0.25) is 10.1 Å². The maximum Gasteiger partial charge on any atom is 0.322 e. The zero-order valence-corrected chi connectivity index (χ0v) is 16.2. The SMILES string of the molecule is COC[C@@H](c1ccccn1)N(C)C(=O)Nc1ccc(Cc2n[nH]c(C)n2)cc1. The van der Waals surface area contributed by atoms with Gasteiger partial charge in [-0.25, -0.2) is 9.78 Å². The normalized spacial score (nSPS) is 11.8. The Kier molecular flexibility index (Phi) is 6.33. The molecule has 0 bridgehead atoms. The van der Waals surface area contributed by atoms with Gasteiger partial charge in [0.25, 0.3) is 0 Å². The van der Waals surface area contributed by atoms with E-state index in [0.717, 1.165) is 22.9 Å². The molecule has 1 aromatic carbocycles. The fourth-order valence-electron chi connectivity index (χ4n) is 2.84. The van der Waals surface area contributed by atoms with Crippen molar-refractivity contribution in [2.24, 2.45) is 0 Å². The number of carbonyl (C=O) groups is 1. The van der Waals surface area contributed by atoms with Crippen LogP contribution in [0.15, 0.2) is 48.7 Å². The highest BCUT2D eigenvalue weighted by Gasteiger charge is 2.22. The number of amides is 2. The Hall–Kier alpha value is -3.26. The van der Waals surface area contributed by atoms with Gasteiger partial charge in [0, 0.05) is 32.5 Å². The van der Waals surface area contributed by atoms with Crippen molar-refractivity contribution in [3.05, 3.63) is 71.6 Å². The van der Waals surface area contributed by atoms with Gasteiger partial charge in [0.05, 0.1) is 18.3 Å². The minimum atomic E-state index is -0.278. The van der Waals surface area contributed by atoms with E-state index in [1.54, 1.807) is 25.3 Å². The molecule has 0 aliphatic rings. The van der Waals surface area contributed by atoms with Crippen molar-refractivity contribution in [1.29, 1.82) is 0 Å². The third-order valence-corrected chi connectivity index (χ3v) is 4.35. The summed E-state index contributed by atoms with van der Waals surface area (Å²) < 4.78 is 5.28. The van der Waals surface area contributed by atoms with E-state index in [1.807, 2.05) is 49.4 Å². The lowest BCUT2D eigenvalue weighted by Crippen LogP contribution is -2.37. The molecular weight excluding hydrogens is 356 g/mol. The fourth-order valence-corrected chi connectivity index (χ4v) is 2.84. The third-order valence-electron chi connectivity index (χ3n) is 4.35. The molecule has 0 aliphatic heterocycles. The Bertz CT molecular complexity index is 895. The van der Waals surface area contributed by atoms with Gasteiger partial charge in [0.2, 0.25) is 0 Å². The lowest BCUT2D eigenvalue weighted by molar-refractivity contribution is 0.119. The zero-order valence-electron chi connectivity index (χ0n) is 16.2. The number of anilines is 1. The Balaban J connectivity index is 1.64. The number of rotatable bonds is 7. The molecule has 0 fully saturated rings. The van der Waals surface area contributed by atoms with Crippen LogP contribution >= 0.6 is 0 Å². The second-order valence-corrected chi connectivity index (χ2v) is 6.48. The molecule has 2 heterocycles. The van der Waals surface area contributed by atoms with E-state index in [4.69, 9.17) is 4.74 Å². The number of carbonyl (C=O) groups excluding carboxylic acids is 1. The number of H-pyrrole nitrogens is 1. The van der Waals surface area contributed by atoms with E-state index in [1.165, 1.54) is 0 Å². The maximum absolute atomic E-state index is 12.7. The van der Waals surface area contributed by atoms with Gasteiger partial charge < -0.3 is 15.0 Å². The van der Waals surface area contributed by atoms with Gasteiger partial charge in [-0.05, 0) is 36.8 Å². The number of aromatic nitrogens is 4.